The average Bonchev–Trinajstić information content (AvgIpc) is 3.42. The van der Waals surface area contributed by atoms with E-state index in [0.29, 0.717) is 35.7 Å². The number of rotatable bonds is 6. The second-order valence-electron chi connectivity index (χ2n) is 7.89. The van der Waals surface area contributed by atoms with E-state index in [9.17, 15) is 9.59 Å². The van der Waals surface area contributed by atoms with Crippen LogP contribution in [0.2, 0.25) is 0 Å². The van der Waals surface area contributed by atoms with E-state index in [1.807, 2.05) is 48.5 Å². The van der Waals surface area contributed by atoms with Gasteiger partial charge in [-0.2, -0.15) is 0 Å². The van der Waals surface area contributed by atoms with Gasteiger partial charge in [0.05, 0.1) is 5.56 Å². The summed E-state index contributed by atoms with van der Waals surface area (Å²) in [4.78, 5) is 31.2. The SMILES string of the molecule is CCC(=O)Nc1c(-c2ccccc2)nc2c(C(=O)NCc3ccc4c(c3)SC(N)N4)cccn12. The summed E-state index contributed by atoms with van der Waals surface area (Å²) in [5.41, 5.74) is 10.1. The van der Waals surface area contributed by atoms with Crippen LogP contribution in [-0.4, -0.2) is 26.7 Å². The number of thioether (sulfide) groups is 1. The maximum atomic E-state index is 13.2. The summed E-state index contributed by atoms with van der Waals surface area (Å²) in [6.07, 6.45) is 2.13. The molecule has 0 saturated carbocycles. The van der Waals surface area contributed by atoms with Crippen LogP contribution in [0.15, 0.2) is 71.8 Å². The summed E-state index contributed by atoms with van der Waals surface area (Å²) < 4.78 is 1.75. The van der Waals surface area contributed by atoms with Crippen molar-refractivity contribution in [2.45, 2.75) is 30.3 Å². The molecule has 1 atom stereocenters. The van der Waals surface area contributed by atoms with Crippen molar-refractivity contribution in [3.05, 3.63) is 78.0 Å². The molecule has 0 radical (unpaired) electrons. The highest BCUT2D eigenvalue weighted by Gasteiger charge is 2.21. The van der Waals surface area contributed by atoms with Gasteiger partial charge in [0.2, 0.25) is 5.91 Å². The van der Waals surface area contributed by atoms with Crippen LogP contribution in [0.3, 0.4) is 0 Å². The molecule has 1 aliphatic rings. The molecule has 1 aliphatic heterocycles. The minimum absolute atomic E-state index is 0.127. The Hall–Kier alpha value is -3.82. The Morgan fingerprint density at radius 1 is 1.15 bits per heavy atom. The van der Waals surface area contributed by atoms with Crippen molar-refractivity contribution in [1.82, 2.24) is 14.7 Å². The third-order valence-electron chi connectivity index (χ3n) is 5.57. The number of fused-ring (bicyclic) bond motifs is 2. The highest BCUT2D eigenvalue weighted by molar-refractivity contribution is 8.00. The molecule has 1 unspecified atom stereocenters. The van der Waals surface area contributed by atoms with Crippen LogP contribution < -0.4 is 21.7 Å². The van der Waals surface area contributed by atoms with Crippen molar-refractivity contribution < 1.29 is 9.59 Å². The lowest BCUT2D eigenvalue weighted by atomic mass is 10.1. The zero-order valence-corrected chi connectivity index (χ0v) is 19.4. The van der Waals surface area contributed by atoms with Gasteiger partial charge in [-0.05, 0) is 29.8 Å². The van der Waals surface area contributed by atoms with Crippen molar-refractivity contribution in [2.24, 2.45) is 5.73 Å². The number of carbonyl (C=O) groups is 2. The van der Waals surface area contributed by atoms with E-state index < -0.39 is 0 Å². The first-order valence-corrected chi connectivity index (χ1v) is 11.9. The van der Waals surface area contributed by atoms with E-state index in [1.165, 1.54) is 0 Å². The number of benzene rings is 2. The minimum Gasteiger partial charge on any atom is -0.360 e. The Bertz CT molecular complexity index is 1390. The zero-order valence-electron chi connectivity index (χ0n) is 18.5. The van der Waals surface area contributed by atoms with E-state index in [4.69, 9.17) is 10.7 Å². The number of hydrogen-bond acceptors (Lipinski definition) is 6. The predicted molar refractivity (Wildman–Crippen MR) is 135 cm³/mol. The largest absolute Gasteiger partial charge is 0.360 e. The third-order valence-corrected chi connectivity index (χ3v) is 6.54. The van der Waals surface area contributed by atoms with E-state index in [0.717, 1.165) is 21.7 Å². The van der Waals surface area contributed by atoms with E-state index in [2.05, 4.69) is 16.0 Å². The lowest BCUT2D eigenvalue weighted by molar-refractivity contribution is -0.115. The summed E-state index contributed by atoms with van der Waals surface area (Å²) in [6, 6.07) is 19.1. The van der Waals surface area contributed by atoms with Gasteiger partial charge in [0, 0.05) is 35.3 Å². The van der Waals surface area contributed by atoms with Gasteiger partial charge >= 0.3 is 0 Å². The monoisotopic (exact) mass is 472 g/mol. The van der Waals surface area contributed by atoms with Crippen molar-refractivity contribution in [3.63, 3.8) is 0 Å². The number of aromatic nitrogens is 2. The van der Waals surface area contributed by atoms with Crippen molar-refractivity contribution in [2.75, 3.05) is 10.6 Å². The molecule has 2 aromatic carbocycles. The van der Waals surface area contributed by atoms with Gasteiger partial charge < -0.3 is 21.7 Å². The number of nitrogens with two attached hydrogens (primary N) is 1. The summed E-state index contributed by atoms with van der Waals surface area (Å²) in [6.45, 7) is 2.16. The standard InChI is InChI=1S/C25H24N6O2S/c1-2-20(32)29-23-21(16-7-4-3-5-8-16)30-22-17(9-6-12-31(22)23)24(33)27-14-15-10-11-18-19(13-15)34-25(26)28-18/h3-13,25,28H,2,14,26H2,1H3,(H,27,33)(H,29,32). The molecule has 4 aromatic rings. The number of carbonyl (C=O) groups excluding carboxylic acids is 2. The van der Waals surface area contributed by atoms with Crippen molar-refractivity contribution >= 4 is 40.7 Å². The van der Waals surface area contributed by atoms with Crippen LogP contribution in [0, 0.1) is 0 Å². The molecule has 2 aromatic heterocycles. The minimum atomic E-state index is -0.244. The van der Waals surface area contributed by atoms with E-state index in [-0.39, 0.29) is 17.3 Å². The number of nitrogens with one attached hydrogen (secondary N) is 3. The molecule has 5 N–H and O–H groups in total. The van der Waals surface area contributed by atoms with Gasteiger partial charge in [-0.25, -0.2) is 4.98 Å². The summed E-state index contributed by atoms with van der Waals surface area (Å²) in [5, 5.41) is 9.12. The number of pyridine rings is 1. The van der Waals surface area contributed by atoms with Crippen LogP contribution in [0.25, 0.3) is 16.9 Å². The summed E-state index contributed by atoms with van der Waals surface area (Å²) in [5.74, 6) is 0.172. The molecule has 3 heterocycles. The maximum absolute atomic E-state index is 13.2. The number of imidazole rings is 1. The van der Waals surface area contributed by atoms with Gasteiger partial charge in [-0.15, -0.1) is 0 Å². The Morgan fingerprint density at radius 2 is 1.97 bits per heavy atom. The van der Waals surface area contributed by atoms with Crippen LogP contribution in [0.4, 0.5) is 11.5 Å². The highest BCUT2D eigenvalue weighted by atomic mass is 32.2. The van der Waals surface area contributed by atoms with E-state index in [1.54, 1.807) is 41.4 Å². The molecule has 172 valence electrons. The number of amides is 2. The van der Waals surface area contributed by atoms with Gasteiger partial charge in [0.1, 0.15) is 17.0 Å². The Morgan fingerprint density at radius 3 is 2.76 bits per heavy atom. The Balaban J connectivity index is 1.46. The lowest BCUT2D eigenvalue weighted by Gasteiger charge is -2.09. The van der Waals surface area contributed by atoms with Gasteiger partial charge in [0.25, 0.3) is 5.91 Å². The van der Waals surface area contributed by atoms with Crippen molar-refractivity contribution in [3.8, 4) is 11.3 Å². The number of nitrogens with zero attached hydrogens (tertiary/aromatic N) is 2. The van der Waals surface area contributed by atoms with Gasteiger partial charge in [-0.1, -0.05) is 55.1 Å². The molecule has 8 nitrogen and oxygen atoms in total. The fourth-order valence-electron chi connectivity index (χ4n) is 3.87. The van der Waals surface area contributed by atoms with Gasteiger partial charge in [-0.3, -0.25) is 14.0 Å². The van der Waals surface area contributed by atoms with Crippen LogP contribution in [-0.2, 0) is 11.3 Å². The highest BCUT2D eigenvalue weighted by Crippen LogP contribution is 2.36. The molecule has 0 saturated heterocycles. The van der Waals surface area contributed by atoms with Crippen molar-refractivity contribution in [1.29, 1.82) is 0 Å². The molecule has 0 aliphatic carbocycles. The molecule has 0 spiro atoms. The molecule has 2 amide bonds. The first-order valence-electron chi connectivity index (χ1n) is 11.0. The number of anilines is 2. The normalized spacial score (nSPS) is 14.5. The first-order chi connectivity index (χ1) is 16.5. The molecule has 0 fully saturated rings. The quantitative estimate of drug-likeness (QED) is 0.337. The van der Waals surface area contributed by atoms with Gasteiger partial charge in [0.15, 0.2) is 5.65 Å². The Kier molecular flexibility index (Phi) is 5.95. The number of hydrogen-bond donors (Lipinski definition) is 4. The topological polar surface area (TPSA) is 114 Å². The maximum Gasteiger partial charge on any atom is 0.255 e. The molecular formula is C25H24N6O2S. The predicted octanol–water partition coefficient (Wildman–Crippen LogP) is 4.04. The van der Waals surface area contributed by atoms with Crippen LogP contribution >= 0.6 is 11.8 Å². The van der Waals surface area contributed by atoms with Crippen LogP contribution in [0.1, 0.15) is 29.3 Å². The Labute approximate surface area is 201 Å². The third kappa shape index (κ3) is 4.23. The van der Waals surface area contributed by atoms with Crippen LogP contribution in [0.5, 0.6) is 0 Å². The fraction of sp³-hybridized carbons (Fsp3) is 0.160. The zero-order chi connectivity index (χ0) is 23.7. The molecular weight excluding hydrogens is 448 g/mol. The second kappa shape index (κ2) is 9.20. The molecule has 9 heteroatoms. The van der Waals surface area contributed by atoms with E-state index >= 15 is 0 Å². The second-order valence-corrected chi connectivity index (χ2v) is 9.07. The fourth-order valence-corrected chi connectivity index (χ4v) is 4.81. The molecule has 5 rings (SSSR count). The molecule has 34 heavy (non-hydrogen) atoms. The average molecular weight is 473 g/mol. The summed E-state index contributed by atoms with van der Waals surface area (Å²) >= 11 is 1.55. The molecule has 0 bridgehead atoms. The lowest BCUT2D eigenvalue weighted by Crippen LogP contribution is -2.23. The smallest absolute Gasteiger partial charge is 0.255 e. The first kappa shape index (κ1) is 22.0. The summed E-state index contributed by atoms with van der Waals surface area (Å²) in [7, 11) is 0.